The lowest BCUT2D eigenvalue weighted by Gasteiger charge is -2.09. The van der Waals surface area contributed by atoms with Crippen LogP contribution in [0.25, 0.3) is 0 Å². The topological polar surface area (TPSA) is 64.9 Å². The molecule has 0 radical (unpaired) electrons. The number of benzene rings is 1. The van der Waals surface area contributed by atoms with Crippen molar-refractivity contribution in [1.29, 1.82) is 5.26 Å². The molecule has 1 aromatic rings. The van der Waals surface area contributed by atoms with Gasteiger partial charge < -0.3 is 10.6 Å². The summed E-state index contributed by atoms with van der Waals surface area (Å²) in [5.41, 5.74) is 0.996. The molecule has 0 atom stereocenters. The van der Waals surface area contributed by atoms with Crippen molar-refractivity contribution in [2.24, 2.45) is 0 Å². The standard InChI is InChI=1S/C14H18FN3O/c1-10(2)18-14(19)3-4-17-9-12-5-11(8-16)6-13(15)7-12/h5-7,10,17H,3-4,9H2,1-2H3,(H,18,19). The molecule has 0 aliphatic heterocycles. The lowest BCUT2D eigenvalue weighted by atomic mass is 10.1. The lowest BCUT2D eigenvalue weighted by molar-refractivity contribution is -0.121. The third kappa shape index (κ3) is 5.98. The van der Waals surface area contributed by atoms with Gasteiger partial charge in [-0.15, -0.1) is 0 Å². The molecule has 0 saturated carbocycles. The van der Waals surface area contributed by atoms with Crippen molar-refractivity contribution in [3.8, 4) is 6.07 Å². The van der Waals surface area contributed by atoms with Crippen LogP contribution in [-0.4, -0.2) is 18.5 Å². The molecule has 5 heteroatoms. The number of amides is 1. The quantitative estimate of drug-likeness (QED) is 0.768. The Bertz CT molecular complexity index is 480. The molecule has 1 rings (SSSR count). The first kappa shape index (κ1) is 15.1. The minimum atomic E-state index is -0.423. The number of carbonyl (C=O) groups excluding carboxylic acids is 1. The van der Waals surface area contributed by atoms with Gasteiger partial charge in [0.2, 0.25) is 5.91 Å². The fourth-order valence-electron chi connectivity index (χ4n) is 1.65. The third-order valence-electron chi connectivity index (χ3n) is 2.39. The lowest BCUT2D eigenvalue weighted by Crippen LogP contribution is -2.32. The number of carbonyl (C=O) groups is 1. The van der Waals surface area contributed by atoms with Gasteiger partial charge in [0.1, 0.15) is 5.82 Å². The van der Waals surface area contributed by atoms with E-state index in [0.29, 0.717) is 30.6 Å². The van der Waals surface area contributed by atoms with Gasteiger partial charge >= 0.3 is 0 Å². The zero-order valence-electron chi connectivity index (χ0n) is 11.2. The summed E-state index contributed by atoms with van der Waals surface area (Å²) in [4.78, 5) is 11.4. The van der Waals surface area contributed by atoms with E-state index in [1.165, 1.54) is 12.1 Å². The van der Waals surface area contributed by atoms with Crippen molar-refractivity contribution >= 4 is 5.91 Å². The summed E-state index contributed by atoms with van der Waals surface area (Å²) in [7, 11) is 0. The molecule has 2 N–H and O–H groups in total. The van der Waals surface area contributed by atoms with Crippen molar-refractivity contribution in [2.75, 3.05) is 6.54 Å². The molecule has 0 aromatic heterocycles. The Morgan fingerprint density at radius 3 is 2.79 bits per heavy atom. The summed E-state index contributed by atoms with van der Waals surface area (Å²) in [5, 5.41) is 14.6. The van der Waals surface area contributed by atoms with Gasteiger partial charge in [-0.1, -0.05) is 0 Å². The fraction of sp³-hybridized carbons (Fsp3) is 0.429. The SMILES string of the molecule is CC(C)NC(=O)CCNCc1cc(F)cc(C#N)c1. The van der Waals surface area contributed by atoms with Crippen LogP contribution in [-0.2, 0) is 11.3 Å². The molecule has 0 aliphatic carbocycles. The van der Waals surface area contributed by atoms with Gasteiger partial charge in [-0.25, -0.2) is 4.39 Å². The third-order valence-corrected chi connectivity index (χ3v) is 2.39. The number of nitriles is 1. The summed E-state index contributed by atoms with van der Waals surface area (Å²) >= 11 is 0. The summed E-state index contributed by atoms with van der Waals surface area (Å²) in [5.74, 6) is -0.437. The van der Waals surface area contributed by atoms with E-state index in [9.17, 15) is 9.18 Å². The number of nitrogens with one attached hydrogen (secondary N) is 2. The summed E-state index contributed by atoms with van der Waals surface area (Å²) in [6.45, 7) is 4.75. The highest BCUT2D eigenvalue weighted by Gasteiger charge is 2.03. The van der Waals surface area contributed by atoms with Gasteiger partial charge in [-0.2, -0.15) is 5.26 Å². The minimum absolute atomic E-state index is 0.0144. The smallest absolute Gasteiger partial charge is 0.221 e. The van der Waals surface area contributed by atoms with Crippen LogP contribution in [0, 0.1) is 17.1 Å². The van der Waals surface area contributed by atoms with Gasteiger partial charge in [0, 0.05) is 25.6 Å². The molecule has 4 nitrogen and oxygen atoms in total. The maximum atomic E-state index is 13.2. The number of rotatable bonds is 6. The van der Waals surface area contributed by atoms with Crippen LogP contribution >= 0.6 is 0 Å². The van der Waals surface area contributed by atoms with Crippen LogP contribution in [0.15, 0.2) is 18.2 Å². The van der Waals surface area contributed by atoms with E-state index >= 15 is 0 Å². The Balaban J connectivity index is 2.36. The Morgan fingerprint density at radius 1 is 1.42 bits per heavy atom. The highest BCUT2D eigenvalue weighted by atomic mass is 19.1. The number of halogens is 1. The molecule has 0 saturated heterocycles. The molecule has 102 valence electrons. The fourth-order valence-corrected chi connectivity index (χ4v) is 1.65. The van der Waals surface area contributed by atoms with Gasteiger partial charge in [0.15, 0.2) is 0 Å². The second-order valence-corrected chi connectivity index (χ2v) is 4.61. The van der Waals surface area contributed by atoms with E-state index in [1.807, 2.05) is 19.9 Å². The normalized spacial score (nSPS) is 10.3. The second kappa shape index (κ2) is 7.49. The van der Waals surface area contributed by atoms with Crippen molar-refractivity contribution in [3.63, 3.8) is 0 Å². The van der Waals surface area contributed by atoms with E-state index < -0.39 is 5.82 Å². The van der Waals surface area contributed by atoms with Crippen molar-refractivity contribution in [1.82, 2.24) is 10.6 Å². The Hall–Kier alpha value is -1.93. The van der Waals surface area contributed by atoms with Gasteiger partial charge in [-0.05, 0) is 37.6 Å². The van der Waals surface area contributed by atoms with E-state index in [0.717, 1.165) is 0 Å². The van der Waals surface area contributed by atoms with Crippen LogP contribution in [0.1, 0.15) is 31.4 Å². The van der Waals surface area contributed by atoms with Crippen molar-refractivity contribution < 1.29 is 9.18 Å². The Labute approximate surface area is 112 Å². The highest BCUT2D eigenvalue weighted by Crippen LogP contribution is 2.08. The molecule has 0 heterocycles. The Kier molecular flexibility index (Phi) is 5.97. The van der Waals surface area contributed by atoms with E-state index in [2.05, 4.69) is 10.6 Å². The van der Waals surface area contributed by atoms with E-state index in [1.54, 1.807) is 6.07 Å². The van der Waals surface area contributed by atoms with Crippen LogP contribution in [0.3, 0.4) is 0 Å². The maximum Gasteiger partial charge on any atom is 0.221 e. The van der Waals surface area contributed by atoms with Crippen molar-refractivity contribution in [3.05, 3.63) is 35.1 Å². The zero-order chi connectivity index (χ0) is 14.3. The molecule has 1 aromatic carbocycles. The molecular formula is C14H18FN3O. The number of hydrogen-bond donors (Lipinski definition) is 2. The van der Waals surface area contributed by atoms with Gasteiger partial charge in [0.05, 0.1) is 11.6 Å². The molecule has 0 unspecified atom stereocenters. The first-order valence-corrected chi connectivity index (χ1v) is 6.21. The van der Waals surface area contributed by atoms with Crippen LogP contribution in [0.5, 0.6) is 0 Å². The van der Waals surface area contributed by atoms with Crippen molar-refractivity contribution in [2.45, 2.75) is 32.9 Å². The number of hydrogen-bond acceptors (Lipinski definition) is 3. The predicted octanol–water partition coefficient (Wildman–Crippen LogP) is 1.70. The molecular weight excluding hydrogens is 245 g/mol. The molecule has 0 aliphatic rings. The first-order valence-electron chi connectivity index (χ1n) is 6.21. The molecule has 1 amide bonds. The highest BCUT2D eigenvalue weighted by molar-refractivity contribution is 5.76. The maximum absolute atomic E-state index is 13.2. The summed E-state index contributed by atoms with van der Waals surface area (Å²) in [6.07, 6.45) is 0.374. The number of nitrogens with zero attached hydrogens (tertiary/aromatic N) is 1. The molecule has 0 spiro atoms. The molecule has 0 bridgehead atoms. The Morgan fingerprint density at radius 2 is 2.16 bits per heavy atom. The van der Waals surface area contributed by atoms with E-state index in [-0.39, 0.29) is 11.9 Å². The average molecular weight is 263 g/mol. The molecule has 19 heavy (non-hydrogen) atoms. The summed E-state index contributed by atoms with van der Waals surface area (Å²) < 4.78 is 13.2. The first-order chi connectivity index (χ1) is 9.01. The second-order valence-electron chi connectivity index (χ2n) is 4.61. The van der Waals surface area contributed by atoms with Gasteiger partial charge in [-0.3, -0.25) is 4.79 Å². The van der Waals surface area contributed by atoms with Crippen LogP contribution in [0.4, 0.5) is 4.39 Å². The van der Waals surface area contributed by atoms with E-state index in [4.69, 9.17) is 5.26 Å². The monoisotopic (exact) mass is 263 g/mol. The predicted molar refractivity (Wildman–Crippen MR) is 70.7 cm³/mol. The van der Waals surface area contributed by atoms with Crippen LogP contribution in [0.2, 0.25) is 0 Å². The van der Waals surface area contributed by atoms with Gasteiger partial charge in [0.25, 0.3) is 0 Å². The largest absolute Gasteiger partial charge is 0.354 e. The summed E-state index contributed by atoms with van der Waals surface area (Å²) in [6, 6.07) is 6.24. The van der Waals surface area contributed by atoms with Crippen LogP contribution < -0.4 is 10.6 Å². The zero-order valence-corrected chi connectivity index (χ0v) is 11.2. The minimum Gasteiger partial charge on any atom is -0.354 e. The average Bonchev–Trinajstić information content (AvgIpc) is 2.33. The molecule has 0 fully saturated rings.